The lowest BCUT2D eigenvalue weighted by Gasteiger charge is -2.72. The molecule has 5 aliphatic carbocycles. The van der Waals surface area contributed by atoms with E-state index in [4.69, 9.17) is 4.74 Å². The van der Waals surface area contributed by atoms with Crippen LogP contribution in [0.1, 0.15) is 99.3 Å². The van der Waals surface area contributed by atoms with Gasteiger partial charge in [0.1, 0.15) is 12.1 Å². The molecule has 5 aliphatic rings. The fourth-order valence-electron chi connectivity index (χ4n) is 11.9. The second-order valence-electron chi connectivity index (χ2n) is 14.9. The number of aldehydes is 1. The van der Waals surface area contributed by atoms with Gasteiger partial charge < -0.3 is 9.53 Å². The highest BCUT2D eigenvalue weighted by atomic mass is 16.5. The Hall–Kier alpha value is -1.45. The average Bonchev–Trinajstić information content (AvgIpc) is 3.22. The van der Waals surface area contributed by atoms with Gasteiger partial charge in [-0.2, -0.15) is 0 Å². The summed E-state index contributed by atoms with van der Waals surface area (Å²) in [5, 5.41) is 0. The summed E-state index contributed by atoms with van der Waals surface area (Å²) in [5.41, 5.74) is 0.612. The number of fused-ring (bicyclic) bond motifs is 7. The van der Waals surface area contributed by atoms with Crippen LogP contribution in [0.15, 0.2) is 12.2 Å². The smallest absolute Gasteiger partial charge is 0.312 e. The number of carbonyl (C=O) groups excluding carboxylic acids is 3. The number of hydrogen-bond acceptors (Lipinski definition) is 4. The highest BCUT2D eigenvalue weighted by molar-refractivity contribution is 5.98. The van der Waals surface area contributed by atoms with E-state index >= 15 is 0 Å². The van der Waals surface area contributed by atoms with Crippen LogP contribution in [-0.2, 0) is 19.1 Å². The van der Waals surface area contributed by atoms with Gasteiger partial charge in [0.15, 0.2) is 0 Å². The number of Topliss-reactive ketones (excluding diaryl/α,β-unsaturated/α-hetero) is 1. The summed E-state index contributed by atoms with van der Waals surface area (Å²) in [6, 6.07) is 0. The summed E-state index contributed by atoms with van der Waals surface area (Å²) in [6.45, 7) is 18.3. The van der Waals surface area contributed by atoms with Crippen LogP contribution in [0.25, 0.3) is 0 Å². The van der Waals surface area contributed by atoms with Gasteiger partial charge in [0.25, 0.3) is 0 Å². The summed E-state index contributed by atoms with van der Waals surface area (Å²) in [7, 11) is 1.56. The quantitative estimate of drug-likeness (QED) is 0.186. The van der Waals surface area contributed by atoms with Gasteiger partial charge in [-0.1, -0.05) is 46.8 Å². The number of carbonyl (C=O) groups is 3. The first-order chi connectivity index (χ1) is 16.7. The van der Waals surface area contributed by atoms with E-state index in [1.165, 1.54) is 5.57 Å². The molecular weight excluding hydrogens is 448 g/mol. The SMILES string of the molecule is C=C(C)[C@@H]1CC[C@]2(C(=O)OC)CC[C@]3(C)[C@H](CC[C@@H]4[C@@]5(C)CC(C=O)C(=O)C(C)(C)[C@@H]5CC[C@]43C)[C@@H]12. The molecule has 4 heteroatoms. The molecule has 10 atom stereocenters. The lowest BCUT2D eigenvalue weighted by atomic mass is 9.32. The summed E-state index contributed by atoms with van der Waals surface area (Å²) in [6.07, 6.45) is 9.98. The average molecular weight is 497 g/mol. The van der Waals surface area contributed by atoms with Crippen molar-refractivity contribution in [1.82, 2.24) is 0 Å². The molecule has 1 unspecified atom stereocenters. The molecule has 200 valence electrons. The molecule has 5 saturated carbocycles. The third-order valence-electron chi connectivity index (χ3n) is 13.6. The maximum Gasteiger partial charge on any atom is 0.312 e. The molecule has 0 aliphatic heterocycles. The van der Waals surface area contributed by atoms with Crippen molar-refractivity contribution >= 4 is 18.0 Å². The molecule has 0 N–H and O–H groups in total. The van der Waals surface area contributed by atoms with E-state index in [0.29, 0.717) is 36.0 Å². The van der Waals surface area contributed by atoms with E-state index in [-0.39, 0.29) is 33.4 Å². The first-order valence-corrected chi connectivity index (χ1v) is 14.5. The maximum atomic E-state index is 13.4. The predicted molar refractivity (Wildman–Crippen MR) is 141 cm³/mol. The van der Waals surface area contributed by atoms with Crippen molar-refractivity contribution in [2.75, 3.05) is 7.11 Å². The Balaban J connectivity index is 1.58. The van der Waals surface area contributed by atoms with E-state index in [2.05, 4.69) is 48.1 Å². The molecule has 0 bridgehead atoms. The summed E-state index contributed by atoms with van der Waals surface area (Å²) in [5.74, 6) is 1.63. The second kappa shape index (κ2) is 8.03. The van der Waals surface area contributed by atoms with Gasteiger partial charge in [0, 0.05) is 5.41 Å². The van der Waals surface area contributed by atoms with Gasteiger partial charge in [-0.25, -0.2) is 0 Å². The Kier molecular flexibility index (Phi) is 5.83. The Labute approximate surface area is 218 Å². The van der Waals surface area contributed by atoms with Crippen molar-refractivity contribution < 1.29 is 19.1 Å². The Morgan fingerprint density at radius 1 is 0.944 bits per heavy atom. The molecule has 0 heterocycles. The molecule has 36 heavy (non-hydrogen) atoms. The second-order valence-corrected chi connectivity index (χ2v) is 14.9. The Morgan fingerprint density at radius 2 is 1.64 bits per heavy atom. The van der Waals surface area contributed by atoms with Crippen LogP contribution in [0.4, 0.5) is 0 Å². The van der Waals surface area contributed by atoms with Crippen LogP contribution in [0.2, 0.25) is 0 Å². The van der Waals surface area contributed by atoms with Gasteiger partial charge in [-0.3, -0.25) is 9.59 Å². The number of esters is 1. The molecule has 0 aromatic rings. The number of ether oxygens (including phenoxy) is 1. The topological polar surface area (TPSA) is 60.4 Å². The van der Waals surface area contributed by atoms with Crippen molar-refractivity contribution in [1.29, 1.82) is 0 Å². The van der Waals surface area contributed by atoms with Crippen LogP contribution in [0.5, 0.6) is 0 Å². The molecule has 4 nitrogen and oxygen atoms in total. The fraction of sp³-hybridized carbons (Fsp3) is 0.844. The van der Waals surface area contributed by atoms with Crippen molar-refractivity contribution in [2.24, 2.45) is 62.6 Å². The standard InChI is InChI=1S/C32H48O4/c1-19(2)21-11-14-32(27(35)36-8)16-15-30(6)22(25(21)32)9-10-24-29(5)17-20(18-33)26(34)28(3,4)23(29)12-13-31(24,30)7/h18,20-25H,1,9-17H2,2-8H3/t20?,21-,22+,23-,24+,25+,29-,30+,31+,32-/m0/s1. The molecule has 5 fully saturated rings. The zero-order chi connectivity index (χ0) is 26.5. The third-order valence-corrected chi connectivity index (χ3v) is 13.6. The Bertz CT molecular complexity index is 996. The van der Waals surface area contributed by atoms with Crippen LogP contribution in [0, 0.1) is 62.6 Å². The van der Waals surface area contributed by atoms with E-state index in [0.717, 1.165) is 57.7 Å². The molecule has 0 aromatic heterocycles. The minimum absolute atomic E-state index is 0.00242. The number of ketones is 1. The zero-order valence-electron chi connectivity index (χ0n) is 23.7. The van der Waals surface area contributed by atoms with Gasteiger partial charge in [0.05, 0.1) is 18.4 Å². The number of methoxy groups -OCH3 is 1. The van der Waals surface area contributed by atoms with Crippen molar-refractivity contribution in [3.63, 3.8) is 0 Å². The number of hydrogen-bond donors (Lipinski definition) is 0. The highest BCUT2D eigenvalue weighted by Gasteiger charge is 2.72. The lowest BCUT2D eigenvalue weighted by Crippen LogP contribution is -2.67. The number of rotatable bonds is 3. The first-order valence-electron chi connectivity index (χ1n) is 14.5. The summed E-state index contributed by atoms with van der Waals surface area (Å²) < 4.78 is 5.48. The van der Waals surface area contributed by atoms with Crippen molar-refractivity contribution in [3.05, 3.63) is 12.2 Å². The Morgan fingerprint density at radius 3 is 2.25 bits per heavy atom. The van der Waals surface area contributed by atoms with E-state index in [9.17, 15) is 14.4 Å². The third kappa shape index (κ3) is 2.96. The summed E-state index contributed by atoms with van der Waals surface area (Å²) in [4.78, 5) is 38.7. The molecule has 0 radical (unpaired) electrons. The first kappa shape index (κ1) is 26.2. The van der Waals surface area contributed by atoms with Crippen molar-refractivity contribution in [3.8, 4) is 0 Å². The maximum absolute atomic E-state index is 13.4. The lowest BCUT2D eigenvalue weighted by molar-refractivity contribution is -0.238. The van der Waals surface area contributed by atoms with Crippen LogP contribution in [0.3, 0.4) is 0 Å². The highest BCUT2D eigenvalue weighted by Crippen LogP contribution is 2.77. The van der Waals surface area contributed by atoms with Crippen LogP contribution < -0.4 is 0 Å². The predicted octanol–water partition coefficient (Wildman–Crippen LogP) is 6.81. The van der Waals surface area contributed by atoms with Crippen LogP contribution >= 0.6 is 0 Å². The minimum atomic E-state index is -0.477. The van der Waals surface area contributed by atoms with Gasteiger partial charge in [-0.15, -0.1) is 0 Å². The van der Waals surface area contributed by atoms with Crippen LogP contribution in [-0.4, -0.2) is 25.1 Å². The molecule has 0 spiro atoms. The van der Waals surface area contributed by atoms with E-state index < -0.39 is 11.3 Å². The molecular formula is C32H48O4. The summed E-state index contributed by atoms with van der Waals surface area (Å²) >= 11 is 0. The zero-order valence-corrected chi connectivity index (χ0v) is 23.7. The minimum Gasteiger partial charge on any atom is -0.469 e. The van der Waals surface area contributed by atoms with E-state index in [1.54, 1.807) is 7.11 Å². The van der Waals surface area contributed by atoms with Gasteiger partial charge >= 0.3 is 5.97 Å². The molecule has 0 saturated heterocycles. The molecule has 0 amide bonds. The fourth-order valence-corrected chi connectivity index (χ4v) is 11.9. The molecule has 0 aromatic carbocycles. The normalized spacial score (nSPS) is 51.2. The largest absolute Gasteiger partial charge is 0.469 e. The van der Waals surface area contributed by atoms with Gasteiger partial charge in [-0.05, 0) is 111 Å². The van der Waals surface area contributed by atoms with Crippen molar-refractivity contribution in [2.45, 2.75) is 99.3 Å². The molecule has 5 rings (SSSR count). The monoisotopic (exact) mass is 496 g/mol. The van der Waals surface area contributed by atoms with Gasteiger partial charge in [0.2, 0.25) is 0 Å². The van der Waals surface area contributed by atoms with E-state index in [1.807, 2.05) is 0 Å². The number of allylic oxidation sites excluding steroid dienone is 1.